The van der Waals surface area contributed by atoms with E-state index in [1.165, 1.54) is 4.31 Å². The van der Waals surface area contributed by atoms with Gasteiger partial charge >= 0.3 is 0 Å². The second-order valence-corrected chi connectivity index (χ2v) is 8.54. The maximum Gasteiger partial charge on any atom is 0.228 e. The van der Waals surface area contributed by atoms with E-state index < -0.39 is 10.0 Å². The van der Waals surface area contributed by atoms with E-state index in [1.807, 2.05) is 26.0 Å². The summed E-state index contributed by atoms with van der Waals surface area (Å²) < 4.78 is 31.1. The van der Waals surface area contributed by atoms with Crippen molar-refractivity contribution >= 4 is 21.6 Å². The summed E-state index contributed by atoms with van der Waals surface area (Å²) in [5, 5.41) is 2.87. The Morgan fingerprint density at radius 2 is 2.17 bits per heavy atom. The van der Waals surface area contributed by atoms with Gasteiger partial charge in [-0.25, -0.2) is 12.7 Å². The molecule has 0 bridgehead atoms. The van der Waals surface area contributed by atoms with Crippen molar-refractivity contribution in [1.82, 2.24) is 4.31 Å². The molecular weight excluding hydrogens is 328 g/mol. The van der Waals surface area contributed by atoms with Crippen LogP contribution in [0.4, 0.5) is 5.69 Å². The van der Waals surface area contributed by atoms with Gasteiger partial charge in [0, 0.05) is 24.8 Å². The molecule has 0 aromatic heterocycles. The normalized spacial score (nSPS) is 19.2. The van der Waals surface area contributed by atoms with E-state index in [9.17, 15) is 13.2 Å². The average Bonchev–Trinajstić information content (AvgIpc) is 2.54. The van der Waals surface area contributed by atoms with Crippen molar-refractivity contribution in [3.05, 3.63) is 24.3 Å². The highest BCUT2D eigenvalue weighted by molar-refractivity contribution is 7.89. The second kappa shape index (κ2) is 7.98. The third-order valence-corrected chi connectivity index (χ3v) is 5.83. The van der Waals surface area contributed by atoms with Crippen molar-refractivity contribution in [1.29, 1.82) is 0 Å². The predicted molar refractivity (Wildman–Crippen MR) is 94.6 cm³/mol. The zero-order valence-electron chi connectivity index (χ0n) is 14.5. The van der Waals surface area contributed by atoms with Crippen molar-refractivity contribution in [2.45, 2.75) is 39.7 Å². The topological polar surface area (TPSA) is 75.7 Å². The van der Waals surface area contributed by atoms with Crippen LogP contribution in [-0.2, 0) is 14.8 Å². The van der Waals surface area contributed by atoms with Crippen molar-refractivity contribution in [2.75, 3.05) is 24.2 Å². The molecule has 1 aliphatic heterocycles. The minimum atomic E-state index is -3.25. The highest BCUT2D eigenvalue weighted by Gasteiger charge is 2.31. The van der Waals surface area contributed by atoms with Gasteiger partial charge in [-0.05, 0) is 45.7 Å². The number of nitrogens with one attached hydrogen (secondary N) is 1. The fourth-order valence-electron chi connectivity index (χ4n) is 2.76. The highest BCUT2D eigenvalue weighted by atomic mass is 32.2. The second-order valence-electron chi connectivity index (χ2n) is 6.28. The van der Waals surface area contributed by atoms with Crippen LogP contribution in [0.15, 0.2) is 24.3 Å². The first-order valence-corrected chi connectivity index (χ1v) is 9.98. The summed E-state index contributed by atoms with van der Waals surface area (Å²) in [4.78, 5) is 12.5. The van der Waals surface area contributed by atoms with Crippen LogP contribution in [0.5, 0.6) is 5.75 Å². The minimum absolute atomic E-state index is 0.0575. The molecule has 0 radical (unpaired) electrons. The standard InChI is InChI=1S/C17H26N2O4S/c1-4-24(21,22)19-10-6-7-14(12-19)17(20)18-15-8-5-9-16(11-15)23-13(2)3/h5,8-9,11,13-14H,4,6-7,10,12H2,1-3H3,(H,18,20)/t14-/m1/s1. The molecule has 1 atom stereocenters. The third-order valence-electron chi connectivity index (χ3n) is 3.99. The van der Waals surface area contributed by atoms with E-state index in [2.05, 4.69) is 5.32 Å². The lowest BCUT2D eigenvalue weighted by molar-refractivity contribution is -0.120. The number of hydrogen-bond acceptors (Lipinski definition) is 4. The first-order valence-electron chi connectivity index (χ1n) is 8.37. The zero-order chi connectivity index (χ0) is 17.7. The van der Waals surface area contributed by atoms with E-state index in [-0.39, 0.29) is 30.2 Å². The molecule has 1 saturated heterocycles. The maximum atomic E-state index is 12.5. The van der Waals surface area contributed by atoms with Crippen LogP contribution in [-0.4, -0.2) is 43.6 Å². The van der Waals surface area contributed by atoms with Crippen LogP contribution >= 0.6 is 0 Å². The maximum absolute atomic E-state index is 12.5. The molecule has 24 heavy (non-hydrogen) atoms. The number of carbonyl (C=O) groups excluding carboxylic acids is 1. The van der Waals surface area contributed by atoms with Crippen molar-refractivity contribution < 1.29 is 17.9 Å². The number of nitrogens with zero attached hydrogens (tertiary/aromatic N) is 1. The molecule has 134 valence electrons. The summed E-state index contributed by atoms with van der Waals surface area (Å²) in [6.45, 7) is 6.26. The average molecular weight is 354 g/mol. The zero-order valence-corrected chi connectivity index (χ0v) is 15.3. The number of piperidine rings is 1. The van der Waals surface area contributed by atoms with Gasteiger partial charge in [-0.15, -0.1) is 0 Å². The van der Waals surface area contributed by atoms with E-state index in [1.54, 1.807) is 19.1 Å². The monoisotopic (exact) mass is 354 g/mol. The SMILES string of the molecule is CCS(=O)(=O)N1CCC[C@@H](C(=O)Nc2cccc(OC(C)C)c2)C1. The lowest BCUT2D eigenvalue weighted by Crippen LogP contribution is -2.44. The number of ether oxygens (including phenoxy) is 1. The molecule has 6 nitrogen and oxygen atoms in total. The van der Waals surface area contributed by atoms with Crippen LogP contribution in [0, 0.1) is 5.92 Å². The Bertz CT molecular complexity index is 673. The smallest absolute Gasteiger partial charge is 0.228 e. The number of carbonyl (C=O) groups is 1. The van der Waals surface area contributed by atoms with Crippen molar-refractivity contribution in [3.8, 4) is 5.75 Å². The molecular formula is C17H26N2O4S. The van der Waals surface area contributed by atoms with Gasteiger partial charge < -0.3 is 10.1 Å². The lowest BCUT2D eigenvalue weighted by atomic mass is 9.98. The van der Waals surface area contributed by atoms with E-state index >= 15 is 0 Å². The highest BCUT2D eigenvalue weighted by Crippen LogP contribution is 2.23. The summed E-state index contributed by atoms with van der Waals surface area (Å²) in [6, 6.07) is 7.24. The van der Waals surface area contributed by atoms with Gasteiger partial charge in [0.1, 0.15) is 5.75 Å². The van der Waals surface area contributed by atoms with E-state index in [0.29, 0.717) is 30.8 Å². The molecule has 1 aromatic carbocycles. The first kappa shape index (κ1) is 18.7. The van der Waals surface area contributed by atoms with Gasteiger partial charge in [-0.3, -0.25) is 4.79 Å². The molecule has 0 unspecified atom stereocenters. The Morgan fingerprint density at radius 3 is 2.83 bits per heavy atom. The quantitative estimate of drug-likeness (QED) is 0.851. The van der Waals surface area contributed by atoms with Gasteiger partial charge in [0.25, 0.3) is 0 Å². The Balaban J connectivity index is 2.02. The van der Waals surface area contributed by atoms with Crippen LogP contribution in [0.3, 0.4) is 0 Å². The number of benzene rings is 1. The van der Waals surface area contributed by atoms with Gasteiger partial charge in [-0.1, -0.05) is 6.07 Å². The van der Waals surface area contributed by atoms with Crippen LogP contribution in [0.2, 0.25) is 0 Å². The fraction of sp³-hybridized carbons (Fsp3) is 0.588. The summed E-state index contributed by atoms with van der Waals surface area (Å²) in [7, 11) is -3.25. The number of sulfonamides is 1. The molecule has 0 spiro atoms. The molecule has 2 rings (SSSR count). The van der Waals surface area contributed by atoms with Crippen LogP contribution < -0.4 is 10.1 Å². The number of hydrogen-bond donors (Lipinski definition) is 1. The molecule has 1 heterocycles. The molecule has 1 aliphatic rings. The molecule has 1 aromatic rings. The van der Waals surface area contributed by atoms with E-state index in [4.69, 9.17) is 4.74 Å². The largest absolute Gasteiger partial charge is 0.491 e. The minimum Gasteiger partial charge on any atom is -0.491 e. The molecule has 0 aliphatic carbocycles. The molecule has 7 heteroatoms. The number of rotatable bonds is 6. The number of amides is 1. The van der Waals surface area contributed by atoms with Gasteiger partial charge in [0.15, 0.2) is 0 Å². The lowest BCUT2D eigenvalue weighted by Gasteiger charge is -2.30. The molecule has 1 N–H and O–H groups in total. The third kappa shape index (κ3) is 4.95. The molecule has 0 saturated carbocycles. The van der Waals surface area contributed by atoms with Crippen LogP contribution in [0.1, 0.15) is 33.6 Å². The van der Waals surface area contributed by atoms with Gasteiger partial charge in [0.2, 0.25) is 15.9 Å². The summed E-state index contributed by atoms with van der Waals surface area (Å²) in [6.07, 6.45) is 1.46. The summed E-state index contributed by atoms with van der Waals surface area (Å²) in [5.41, 5.74) is 0.661. The number of anilines is 1. The Morgan fingerprint density at radius 1 is 1.42 bits per heavy atom. The predicted octanol–water partition coefficient (Wildman–Crippen LogP) is 2.47. The van der Waals surface area contributed by atoms with Gasteiger partial charge in [0.05, 0.1) is 17.8 Å². The Kier molecular flexibility index (Phi) is 6.23. The molecule has 1 amide bonds. The van der Waals surface area contributed by atoms with E-state index in [0.717, 1.165) is 0 Å². The molecule has 1 fully saturated rings. The fourth-order valence-corrected chi connectivity index (χ4v) is 3.93. The van der Waals surface area contributed by atoms with Gasteiger partial charge in [-0.2, -0.15) is 0 Å². The Labute approximate surface area is 144 Å². The summed E-state index contributed by atoms with van der Waals surface area (Å²) >= 11 is 0. The summed E-state index contributed by atoms with van der Waals surface area (Å²) in [5.74, 6) is 0.291. The Hall–Kier alpha value is -1.60. The van der Waals surface area contributed by atoms with Crippen LogP contribution in [0.25, 0.3) is 0 Å². The van der Waals surface area contributed by atoms with Crippen molar-refractivity contribution in [3.63, 3.8) is 0 Å². The van der Waals surface area contributed by atoms with Crippen molar-refractivity contribution in [2.24, 2.45) is 5.92 Å². The first-order chi connectivity index (χ1) is 11.3.